The highest BCUT2D eigenvalue weighted by molar-refractivity contribution is 5.06. The first-order valence-corrected chi connectivity index (χ1v) is 7.40. The van der Waals surface area contributed by atoms with Gasteiger partial charge in [-0.3, -0.25) is 4.90 Å². The second-order valence-corrected chi connectivity index (χ2v) is 6.27. The summed E-state index contributed by atoms with van der Waals surface area (Å²) >= 11 is 0. The fourth-order valence-corrected chi connectivity index (χ4v) is 1.99. The Kier molecular flexibility index (Phi) is 5.20. The molecule has 2 aromatic heterocycles. The number of rotatable bonds is 7. The summed E-state index contributed by atoms with van der Waals surface area (Å²) in [5.74, 6) is 1.85. The molecule has 0 spiro atoms. The van der Waals surface area contributed by atoms with Crippen LogP contribution in [-0.4, -0.2) is 22.1 Å². The Labute approximate surface area is 126 Å². The van der Waals surface area contributed by atoms with Gasteiger partial charge >= 0.3 is 0 Å². The third-order valence-corrected chi connectivity index (χ3v) is 3.19. The molecule has 0 aliphatic heterocycles. The Morgan fingerprint density at radius 1 is 1.24 bits per heavy atom. The van der Waals surface area contributed by atoms with E-state index < -0.39 is 0 Å². The van der Waals surface area contributed by atoms with Crippen LogP contribution in [0, 0.1) is 0 Å². The van der Waals surface area contributed by atoms with Crippen LogP contribution in [0.3, 0.4) is 0 Å². The van der Waals surface area contributed by atoms with Crippen LogP contribution < -0.4 is 5.32 Å². The number of nitrogens with zero attached hydrogens (tertiary/aromatic N) is 2. The predicted octanol–water partition coefficient (Wildman–Crippen LogP) is 3.18. The lowest BCUT2D eigenvalue weighted by atomic mass is 10.1. The maximum atomic E-state index is 5.42. The summed E-state index contributed by atoms with van der Waals surface area (Å²) < 4.78 is 10.8. The molecule has 0 saturated carbocycles. The molecule has 0 saturated heterocycles. The molecule has 0 atom stereocenters. The van der Waals surface area contributed by atoms with Crippen molar-refractivity contribution in [3.8, 4) is 0 Å². The summed E-state index contributed by atoms with van der Waals surface area (Å²) in [5.41, 5.74) is 1.02. The number of aromatic nitrogens is 1. The molecule has 0 aromatic carbocycles. The van der Waals surface area contributed by atoms with Gasteiger partial charge in [-0.2, -0.15) is 0 Å². The van der Waals surface area contributed by atoms with E-state index in [1.807, 2.05) is 18.2 Å². The Morgan fingerprint density at radius 3 is 2.62 bits per heavy atom. The molecule has 2 rings (SSSR count). The average Bonchev–Trinajstić information content (AvgIpc) is 3.06. The molecule has 0 amide bonds. The molecule has 0 aliphatic carbocycles. The molecule has 5 nitrogen and oxygen atoms in total. The standard InChI is InChI=1S/C16H25N3O2/c1-5-19(11-14-7-6-8-20-14)12-15-9-13(18-21-15)10-17-16(2,3)4/h6-9,17H,5,10-12H2,1-4H3. The molecule has 5 heteroatoms. The van der Waals surface area contributed by atoms with E-state index >= 15 is 0 Å². The fourth-order valence-electron chi connectivity index (χ4n) is 1.99. The average molecular weight is 291 g/mol. The normalized spacial score (nSPS) is 12.2. The molecule has 0 radical (unpaired) electrons. The van der Waals surface area contributed by atoms with Crippen molar-refractivity contribution >= 4 is 0 Å². The second kappa shape index (κ2) is 6.91. The van der Waals surface area contributed by atoms with Gasteiger partial charge in [0.2, 0.25) is 0 Å². The van der Waals surface area contributed by atoms with Gasteiger partial charge in [0.05, 0.1) is 25.0 Å². The molecule has 21 heavy (non-hydrogen) atoms. The molecule has 2 heterocycles. The van der Waals surface area contributed by atoms with Crippen LogP contribution in [0.1, 0.15) is 44.9 Å². The van der Waals surface area contributed by atoms with E-state index in [0.29, 0.717) is 0 Å². The first-order chi connectivity index (χ1) is 9.96. The van der Waals surface area contributed by atoms with Gasteiger partial charge in [-0.05, 0) is 39.4 Å². The smallest absolute Gasteiger partial charge is 0.151 e. The number of hydrogen-bond acceptors (Lipinski definition) is 5. The molecule has 0 fully saturated rings. The van der Waals surface area contributed by atoms with Crippen LogP contribution in [0.4, 0.5) is 0 Å². The van der Waals surface area contributed by atoms with Gasteiger partial charge in [0.1, 0.15) is 5.76 Å². The Hall–Kier alpha value is -1.59. The zero-order chi connectivity index (χ0) is 15.3. The van der Waals surface area contributed by atoms with E-state index in [1.54, 1.807) is 6.26 Å². The maximum Gasteiger partial charge on any atom is 0.151 e. The van der Waals surface area contributed by atoms with E-state index in [0.717, 1.165) is 43.4 Å². The third-order valence-electron chi connectivity index (χ3n) is 3.19. The van der Waals surface area contributed by atoms with E-state index in [-0.39, 0.29) is 5.54 Å². The molecular formula is C16H25N3O2. The van der Waals surface area contributed by atoms with Gasteiger partial charge in [0, 0.05) is 18.2 Å². The topological polar surface area (TPSA) is 54.4 Å². The van der Waals surface area contributed by atoms with Gasteiger partial charge in [-0.1, -0.05) is 12.1 Å². The van der Waals surface area contributed by atoms with Crippen molar-refractivity contribution in [2.24, 2.45) is 0 Å². The number of furan rings is 1. The highest BCUT2D eigenvalue weighted by Crippen LogP contribution is 2.12. The van der Waals surface area contributed by atoms with Crippen molar-refractivity contribution in [3.05, 3.63) is 41.7 Å². The lowest BCUT2D eigenvalue weighted by molar-refractivity contribution is 0.217. The first kappa shape index (κ1) is 15.8. The fraction of sp³-hybridized carbons (Fsp3) is 0.562. The van der Waals surface area contributed by atoms with Crippen molar-refractivity contribution in [1.29, 1.82) is 0 Å². The van der Waals surface area contributed by atoms with Crippen LogP contribution in [0.2, 0.25) is 0 Å². The molecule has 0 bridgehead atoms. The minimum Gasteiger partial charge on any atom is -0.468 e. The monoisotopic (exact) mass is 291 g/mol. The van der Waals surface area contributed by atoms with Crippen molar-refractivity contribution in [2.75, 3.05) is 6.54 Å². The minimum atomic E-state index is 0.0772. The van der Waals surface area contributed by atoms with E-state index in [9.17, 15) is 0 Å². The maximum absolute atomic E-state index is 5.42. The van der Waals surface area contributed by atoms with Gasteiger partial charge in [-0.15, -0.1) is 0 Å². The number of nitrogens with one attached hydrogen (secondary N) is 1. The van der Waals surface area contributed by atoms with Crippen molar-refractivity contribution in [2.45, 2.75) is 52.9 Å². The van der Waals surface area contributed by atoms with Crippen LogP contribution >= 0.6 is 0 Å². The molecule has 0 aliphatic rings. The van der Waals surface area contributed by atoms with Crippen LogP contribution in [-0.2, 0) is 19.6 Å². The predicted molar refractivity (Wildman–Crippen MR) is 81.6 cm³/mol. The van der Waals surface area contributed by atoms with Crippen LogP contribution in [0.15, 0.2) is 33.4 Å². The molecule has 2 aromatic rings. The van der Waals surface area contributed by atoms with E-state index in [1.165, 1.54) is 0 Å². The van der Waals surface area contributed by atoms with Crippen LogP contribution in [0.5, 0.6) is 0 Å². The zero-order valence-electron chi connectivity index (χ0n) is 13.3. The Morgan fingerprint density at radius 2 is 2.00 bits per heavy atom. The Bertz CT molecular complexity index is 526. The summed E-state index contributed by atoms with van der Waals surface area (Å²) in [6, 6.07) is 5.92. The number of hydrogen-bond donors (Lipinski definition) is 1. The van der Waals surface area contributed by atoms with Crippen molar-refractivity contribution < 1.29 is 8.94 Å². The summed E-state index contributed by atoms with van der Waals surface area (Å²) in [7, 11) is 0. The summed E-state index contributed by atoms with van der Waals surface area (Å²) in [5, 5.41) is 7.52. The van der Waals surface area contributed by atoms with Gasteiger partial charge in [-0.25, -0.2) is 0 Å². The van der Waals surface area contributed by atoms with Crippen molar-refractivity contribution in [1.82, 2.24) is 15.4 Å². The van der Waals surface area contributed by atoms with E-state index in [2.05, 4.69) is 43.1 Å². The summed E-state index contributed by atoms with van der Waals surface area (Å²) in [6.07, 6.45) is 1.70. The molecule has 0 unspecified atom stereocenters. The Balaban J connectivity index is 1.88. The zero-order valence-corrected chi connectivity index (χ0v) is 13.3. The first-order valence-electron chi connectivity index (χ1n) is 7.40. The lowest BCUT2D eigenvalue weighted by Gasteiger charge is -2.19. The van der Waals surface area contributed by atoms with Crippen molar-refractivity contribution in [3.63, 3.8) is 0 Å². The SMILES string of the molecule is CCN(Cc1ccco1)Cc1cc(CNC(C)(C)C)no1. The largest absolute Gasteiger partial charge is 0.468 e. The molecular weight excluding hydrogens is 266 g/mol. The van der Waals surface area contributed by atoms with Gasteiger partial charge in [0.25, 0.3) is 0 Å². The van der Waals surface area contributed by atoms with Crippen LogP contribution in [0.25, 0.3) is 0 Å². The second-order valence-electron chi connectivity index (χ2n) is 6.27. The van der Waals surface area contributed by atoms with Gasteiger partial charge in [0.15, 0.2) is 5.76 Å². The lowest BCUT2D eigenvalue weighted by Crippen LogP contribution is -2.35. The summed E-state index contributed by atoms with van der Waals surface area (Å²) in [6.45, 7) is 11.7. The highest BCUT2D eigenvalue weighted by Gasteiger charge is 2.13. The highest BCUT2D eigenvalue weighted by atomic mass is 16.5. The van der Waals surface area contributed by atoms with E-state index in [4.69, 9.17) is 8.94 Å². The van der Waals surface area contributed by atoms with Gasteiger partial charge < -0.3 is 14.3 Å². The molecule has 116 valence electrons. The summed E-state index contributed by atoms with van der Waals surface area (Å²) in [4.78, 5) is 2.25. The minimum absolute atomic E-state index is 0.0772. The third kappa shape index (κ3) is 5.36. The molecule has 1 N–H and O–H groups in total. The quantitative estimate of drug-likeness (QED) is 0.849.